The quantitative estimate of drug-likeness (QED) is 0.945. The van der Waals surface area contributed by atoms with Crippen LogP contribution in [0.1, 0.15) is 40.7 Å². The molecule has 1 unspecified atom stereocenters. The lowest BCUT2D eigenvalue weighted by Crippen LogP contribution is -2.25. The molecule has 1 aliphatic rings. The molecule has 0 radical (unpaired) electrons. The number of nitrogens with zero attached hydrogens (tertiary/aromatic N) is 1. The van der Waals surface area contributed by atoms with Crippen LogP contribution in [-0.2, 0) is 19.4 Å². The third-order valence-corrected chi connectivity index (χ3v) is 3.87. The van der Waals surface area contributed by atoms with E-state index in [2.05, 4.69) is 17.4 Å². The normalized spacial score (nSPS) is 17.3. The molecule has 0 spiro atoms. The van der Waals surface area contributed by atoms with Crippen molar-refractivity contribution in [3.8, 4) is 0 Å². The van der Waals surface area contributed by atoms with Gasteiger partial charge in [0.15, 0.2) is 5.69 Å². The molecule has 1 atom stereocenters. The summed E-state index contributed by atoms with van der Waals surface area (Å²) in [5.74, 6) is 0.851. The lowest BCUT2D eigenvalue weighted by molar-refractivity contribution is 0.0941. The van der Waals surface area contributed by atoms with Gasteiger partial charge in [0.05, 0.1) is 0 Å². The van der Waals surface area contributed by atoms with Crippen molar-refractivity contribution in [1.82, 2.24) is 10.5 Å². The van der Waals surface area contributed by atoms with Crippen LogP contribution in [0.2, 0.25) is 0 Å². The van der Waals surface area contributed by atoms with Gasteiger partial charge in [-0.25, -0.2) is 4.39 Å². The van der Waals surface area contributed by atoms with Gasteiger partial charge in [0.25, 0.3) is 5.91 Å². The van der Waals surface area contributed by atoms with Crippen molar-refractivity contribution in [1.29, 1.82) is 0 Å². The van der Waals surface area contributed by atoms with Crippen LogP contribution < -0.4 is 5.32 Å². The second kappa shape index (κ2) is 5.68. The van der Waals surface area contributed by atoms with Crippen LogP contribution in [0, 0.1) is 11.7 Å². The van der Waals surface area contributed by atoms with Crippen molar-refractivity contribution < 1.29 is 13.7 Å². The molecular formula is C16H17FN2O2. The van der Waals surface area contributed by atoms with Crippen LogP contribution in [0.5, 0.6) is 0 Å². The van der Waals surface area contributed by atoms with Crippen LogP contribution in [-0.4, -0.2) is 11.1 Å². The molecule has 21 heavy (non-hydrogen) atoms. The van der Waals surface area contributed by atoms with E-state index in [9.17, 15) is 9.18 Å². The zero-order valence-electron chi connectivity index (χ0n) is 11.9. The molecule has 1 amide bonds. The van der Waals surface area contributed by atoms with E-state index in [0.717, 1.165) is 36.1 Å². The number of rotatable bonds is 3. The standard InChI is InChI=1S/C16H17FN2O2/c1-10-2-7-14-13(8-10)15(19-21-14)16(20)18-9-11-3-5-12(17)6-4-11/h3-6,10H,2,7-9H2,1H3,(H,18,20). The largest absolute Gasteiger partial charge is 0.360 e. The van der Waals surface area contributed by atoms with Gasteiger partial charge in [0.1, 0.15) is 11.6 Å². The van der Waals surface area contributed by atoms with Gasteiger partial charge in [-0.3, -0.25) is 4.79 Å². The fourth-order valence-electron chi connectivity index (χ4n) is 2.62. The average molecular weight is 288 g/mol. The SMILES string of the molecule is CC1CCc2onc(C(=O)NCc3ccc(F)cc3)c2C1. The highest BCUT2D eigenvalue weighted by Gasteiger charge is 2.26. The minimum atomic E-state index is -0.287. The van der Waals surface area contributed by atoms with Crippen molar-refractivity contribution in [3.63, 3.8) is 0 Å². The topological polar surface area (TPSA) is 55.1 Å². The van der Waals surface area contributed by atoms with Crippen molar-refractivity contribution in [2.45, 2.75) is 32.7 Å². The van der Waals surface area contributed by atoms with Gasteiger partial charge < -0.3 is 9.84 Å². The first-order chi connectivity index (χ1) is 10.1. The molecule has 0 fully saturated rings. The van der Waals surface area contributed by atoms with Crippen LogP contribution >= 0.6 is 0 Å². The zero-order chi connectivity index (χ0) is 14.8. The van der Waals surface area contributed by atoms with E-state index < -0.39 is 0 Å². The molecule has 2 aromatic rings. The van der Waals surface area contributed by atoms with Crippen molar-refractivity contribution in [2.75, 3.05) is 0 Å². The van der Waals surface area contributed by atoms with Crippen LogP contribution in [0.4, 0.5) is 4.39 Å². The lowest BCUT2D eigenvalue weighted by Gasteiger charge is -2.16. The van der Waals surface area contributed by atoms with Crippen molar-refractivity contribution in [3.05, 3.63) is 52.7 Å². The van der Waals surface area contributed by atoms with Crippen molar-refractivity contribution >= 4 is 5.91 Å². The van der Waals surface area contributed by atoms with Gasteiger partial charge >= 0.3 is 0 Å². The summed E-state index contributed by atoms with van der Waals surface area (Å²) in [4.78, 5) is 12.2. The molecule has 3 rings (SSSR count). The number of fused-ring (bicyclic) bond motifs is 1. The Bertz CT molecular complexity index is 649. The fourth-order valence-corrected chi connectivity index (χ4v) is 2.62. The maximum absolute atomic E-state index is 12.8. The number of carbonyl (C=O) groups excluding carboxylic acids is 1. The molecule has 1 aromatic heterocycles. The third kappa shape index (κ3) is 2.96. The van der Waals surface area contributed by atoms with Gasteiger partial charge in [-0.05, 0) is 36.5 Å². The van der Waals surface area contributed by atoms with Gasteiger partial charge in [0, 0.05) is 18.5 Å². The summed E-state index contributed by atoms with van der Waals surface area (Å²) in [6.07, 6.45) is 2.74. The smallest absolute Gasteiger partial charge is 0.274 e. The Morgan fingerprint density at radius 1 is 1.43 bits per heavy atom. The number of aromatic nitrogens is 1. The second-order valence-corrected chi connectivity index (χ2v) is 5.59. The number of carbonyl (C=O) groups is 1. The first-order valence-corrected chi connectivity index (χ1v) is 7.13. The molecule has 5 heteroatoms. The minimum Gasteiger partial charge on any atom is -0.360 e. The van der Waals surface area contributed by atoms with E-state index in [1.807, 2.05) is 0 Å². The van der Waals surface area contributed by atoms with Gasteiger partial charge in [-0.15, -0.1) is 0 Å². The predicted molar refractivity (Wildman–Crippen MR) is 75.3 cm³/mol. The predicted octanol–water partition coefficient (Wildman–Crippen LogP) is 2.87. The summed E-state index contributed by atoms with van der Waals surface area (Å²) in [7, 11) is 0. The number of halogens is 1. The van der Waals surface area contributed by atoms with E-state index in [4.69, 9.17) is 4.52 Å². The lowest BCUT2D eigenvalue weighted by atomic mass is 9.88. The molecule has 0 bridgehead atoms. The maximum atomic E-state index is 12.8. The maximum Gasteiger partial charge on any atom is 0.274 e. The summed E-state index contributed by atoms with van der Waals surface area (Å²) in [5, 5.41) is 6.71. The molecular weight excluding hydrogens is 271 g/mol. The Labute approximate surface area is 122 Å². The third-order valence-electron chi connectivity index (χ3n) is 3.87. The molecule has 110 valence electrons. The van der Waals surface area contributed by atoms with Crippen LogP contribution in [0.15, 0.2) is 28.8 Å². The minimum absolute atomic E-state index is 0.238. The first kappa shape index (κ1) is 13.8. The van der Waals surface area contributed by atoms with E-state index in [0.29, 0.717) is 18.2 Å². The second-order valence-electron chi connectivity index (χ2n) is 5.59. The Kier molecular flexibility index (Phi) is 3.73. The van der Waals surface area contributed by atoms with E-state index in [1.54, 1.807) is 12.1 Å². The zero-order valence-corrected chi connectivity index (χ0v) is 11.9. The highest BCUT2D eigenvalue weighted by atomic mass is 19.1. The molecule has 4 nitrogen and oxygen atoms in total. The van der Waals surface area contributed by atoms with E-state index in [-0.39, 0.29) is 11.7 Å². The Morgan fingerprint density at radius 3 is 2.95 bits per heavy atom. The van der Waals surface area contributed by atoms with E-state index >= 15 is 0 Å². The molecule has 1 aliphatic carbocycles. The Hall–Kier alpha value is -2.17. The molecule has 1 N–H and O–H groups in total. The first-order valence-electron chi connectivity index (χ1n) is 7.13. The molecule has 1 aromatic carbocycles. The monoisotopic (exact) mass is 288 g/mol. The molecule has 1 heterocycles. The van der Waals surface area contributed by atoms with Gasteiger partial charge in [-0.2, -0.15) is 0 Å². The molecule has 0 saturated heterocycles. The molecule has 0 saturated carbocycles. The number of hydrogen-bond acceptors (Lipinski definition) is 3. The summed E-state index contributed by atoms with van der Waals surface area (Å²) in [6, 6.07) is 6.05. The number of hydrogen-bond donors (Lipinski definition) is 1. The Morgan fingerprint density at radius 2 is 2.19 bits per heavy atom. The Balaban J connectivity index is 1.68. The van der Waals surface area contributed by atoms with Crippen LogP contribution in [0.3, 0.4) is 0 Å². The van der Waals surface area contributed by atoms with Crippen molar-refractivity contribution in [2.24, 2.45) is 5.92 Å². The van der Waals surface area contributed by atoms with E-state index in [1.165, 1.54) is 12.1 Å². The highest BCUT2D eigenvalue weighted by molar-refractivity contribution is 5.93. The summed E-state index contributed by atoms with van der Waals surface area (Å²) < 4.78 is 18.1. The summed E-state index contributed by atoms with van der Waals surface area (Å²) in [6.45, 7) is 2.51. The summed E-state index contributed by atoms with van der Waals surface area (Å²) >= 11 is 0. The average Bonchev–Trinajstić information content (AvgIpc) is 2.89. The molecule has 0 aliphatic heterocycles. The van der Waals surface area contributed by atoms with Gasteiger partial charge in [0.2, 0.25) is 0 Å². The fraction of sp³-hybridized carbons (Fsp3) is 0.375. The summed E-state index contributed by atoms with van der Waals surface area (Å²) in [5.41, 5.74) is 2.17. The number of amides is 1. The number of nitrogens with one attached hydrogen (secondary N) is 1. The number of benzene rings is 1. The van der Waals surface area contributed by atoms with Gasteiger partial charge in [-0.1, -0.05) is 24.2 Å². The highest BCUT2D eigenvalue weighted by Crippen LogP contribution is 2.27. The number of aryl methyl sites for hydroxylation is 1. The van der Waals surface area contributed by atoms with Crippen LogP contribution in [0.25, 0.3) is 0 Å².